The third-order valence-electron chi connectivity index (χ3n) is 4.97. The molecule has 0 aliphatic carbocycles. The Bertz CT molecular complexity index is 1300. The lowest BCUT2D eigenvalue weighted by molar-refractivity contribution is 0.415. The van der Waals surface area contributed by atoms with E-state index >= 15 is 0 Å². The Morgan fingerprint density at radius 1 is 1.03 bits per heavy atom. The van der Waals surface area contributed by atoms with E-state index in [-0.39, 0.29) is 4.90 Å². The molecular weight excluding hydrogens is 418 g/mol. The van der Waals surface area contributed by atoms with Crippen molar-refractivity contribution in [2.75, 3.05) is 7.11 Å². The van der Waals surface area contributed by atoms with Crippen LogP contribution in [-0.4, -0.2) is 25.1 Å². The van der Waals surface area contributed by atoms with Gasteiger partial charge in [0.25, 0.3) is 0 Å². The zero-order valence-corrected chi connectivity index (χ0v) is 18.4. The largest absolute Gasteiger partial charge is 0.497 e. The molecular formula is C22H21N3O3S2. The molecule has 2 N–H and O–H groups in total. The van der Waals surface area contributed by atoms with E-state index in [0.717, 1.165) is 44.7 Å². The molecule has 30 heavy (non-hydrogen) atoms. The van der Waals surface area contributed by atoms with Crippen LogP contribution in [0.5, 0.6) is 5.75 Å². The van der Waals surface area contributed by atoms with Crippen molar-refractivity contribution in [1.82, 2.24) is 9.55 Å². The topological polar surface area (TPSA) is 87.2 Å². The normalized spacial score (nSPS) is 11.6. The first-order valence-corrected chi connectivity index (χ1v) is 11.6. The molecule has 0 aliphatic heterocycles. The summed E-state index contributed by atoms with van der Waals surface area (Å²) in [5.41, 5.74) is 5.92. The van der Waals surface area contributed by atoms with Gasteiger partial charge in [-0.2, -0.15) is 0 Å². The summed E-state index contributed by atoms with van der Waals surface area (Å²) < 4.78 is 30.3. The molecule has 154 valence electrons. The monoisotopic (exact) mass is 439 g/mol. The summed E-state index contributed by atoms with van der Waals surface area (Å²) >= 11 is 1.59. The Morgan fingerprint density at radius 2 is 1.70 bits per heavy atom. The van der Waals surface area contributed by atoms with Gasteiger partial charge in [-0.1, -0.05) is 0 Å². The van der Waals surface area contributed by atoms with Gasteiger partial charge in [-0.3, -0.25) is 0 Å². The number of sulfonamides is 1. The van der Waals surface area contributed by atoms with Gasteiger partial charge in [0.05, 0.1) is 17.7 Å². The van der Waals surface area contributed by atoms with Crippen LogP contribution in [-0.2, 0) is 10.0 Å². The molecule has 6 nitrogen and oxygen atoms in total. The van der Waals surface area contributed by atoms with Crippen molar-refractivity contribution in [3.8, 4) is 33.3 Å². The Balaban J connectivity index is 1.69. The number of nitrogens with zero attached hydrogens (tertiary/aromatic N) is 2. The number of ether oxygens (including phenoxy) is 1. The molecule has 0 fully saturated rings. The van der Waals surface area contributed by atoms with Gasteiger partial charge in [-0.25, -0.2) is 18.5 Å². The van der Waals surface area contributed by atoms with Crippen LogP contribution in [0.4, 0.5) is 0 Å². The van der Waals surface area contributed by atoms with E-state index < -0.39 is 10.0 Å². The molecule has 8 heteroatoms. The zero-order valence-electron chi connectivity index (χ0n) is 16.8. The predicted octanol–water partition coefficient (Wildman–Crippen LogP) is 4.54. The first-order valence-electron chi connectivity index (χ1n) is 9.20. The number of methoxy groups -OCH3 is 1. The Labute approximate surface area is 179 Å². The van der Waals surface area contributed by atoms with Crippen LogP contribution in [0.3, 0.4) is 0 Å². The minimum absolute atomic E-state index is 0.0950. The first kappa shape index (κ1) is 20.3. The maximum absolute atomic E-state index is 11.5. The molecule has 4 rings (SSSR count). The molecule has 0 saturated heterocycles. The predicted molar refractivity (Wildman–Crippen MR) is 120 cm³/mol. The van der Waals surface area contributed by atoms with Crippen LogP contribution in [0.15, 0.2) is 64.9 Å². The van der Waals surface area contributed by atoms with Crippen molar-refractivity contribution in [1.29, 1.82) is 0 Å². The van der Waals surface area contributed by atoms with Crippen LogP contribution in [0.1, 0.15) is 11.4 Å². The fourth-order valence-electron chi connectivity index (χ4n) is 3.47. The van der Waals surface area contributed by atoms with Crippen molar-refractivity contribution in [3.05, 3.63) is 71.4 Å². The molecule has 0 atom stereocenters. The average Bonchev–Trinajstić information content (AvgIpc) is 3.32. The number of aryl methyl sites for hydroxylation is 1. The molecule has 4 aromatic rings. The number of thiazole rings is 1. The summed E-state index contributed by atoms with van der Waals surface area (Å²) in [4.78, 5) is 4.93. The summed E-state index contributed by atoms with van der Waals surface area (Å²) in [7, 11) is -2.07. The van der Waals surface area contributed by atoms with Crippen LogP contribution in [0, 0.1) is 13.8 Å². The van der Waals surface area contributed by atoms with Crippen molar-refractivity contribution >= 4 is 21.4 Å². The fourth-order valence-corrected chi connectivity index (χ4v) is 4.81. The van der Waals surface area contributed by atoms with E-state index in [9.17, 15) is 8.42 Å². The van der Waals surface area contributed by atoms with Crippen molar-refractivity contribution < 1.29 is 13.2 Å². The average molecular weight is 440 g/mol. The number of rotatable bonds is 5. The summed E-state index contributed by atoms with van der Waals surface area (Å²) in [6.45, 7) is 4.04. The molecule has 0 unspecified atom stereocenters. The molecule has 2 heterocycles. The lowest BCUT2D eigenvalue weighted by Crippen LogP contribution is -2.12. The third-order valence-corrected chi connectivity index (χ3v) is 6.79. The van der Waals surface area contributed by atoms with Gasteiger partial charge in [0.1, 0.15) is 10.8 Å². The molecule has 0 amide bonds. The van der Waals surface area contributed by atoms with Gasteiger partial charge in [0.2, 0.25) is 10.0 Å². The quantitative estimate of drug-likeness (QED) is 0.494. The van der Waals surface area contributed by atoms with Crippen LogP contribution in [0.25, 0.3) is 27.5 Å². The van der Waals surface area contributed by atoms with Crippen molar-refractivity contribution in [2.24, 2.45) is 5.14 Å². The molecule has 2 aromatic heterocycles. The molecule has 0 spiro atoms. The summed E-state index contributed by atoms with van der Waals surface area (Å²) in [5, 5.41) is 8.19. The minimum atomic E-state index is -3.71. The first-order chi connectivity index (χ1) is 14.3. The van der Waals surface area contributed by atoms with Crippen LogP contribution < -0.4 is 9.88 Å². The van der Waals surface area contributed by atoms with Gasteiger partial charge in [-0.15, -0.1) is 11.3 Å². The van der Waals surface area contributed by atoms with Crippen LogP contribution in [0.2, 0.25) is 0 Å². The molecule has 0 bridgehead atoms. The molecule has 0 radical (unpaired) electrons. The second-order valence-electron chi connectivity index (χ2n) is 6.93. The minimum Gasteiger partial charge on any atom is -0.497 e. The van der Waals surface area contributed by atoms with E-state index in [1.54, 1.807) is 30.6 Å². The van der Waals surface area contributed by atoms with Crippen molar-refractivity contribution in [3.63, 3.8) is 0 Å². The summed E-state index contributed by atoms with van der Waals surface area (Å²) in [6, 6.07) is 16.5. The number of primary sulfonamides is 1. The van der Waals surface area contributed by atoms with E-state index in [1.165, 1.54) is 12.1 Å². The van der Waals surface area contributed by atoms with Gasteiger partial charge in [0.15, 0.2) is 0 Å². The number of nitrogens with two attached hydrogens (primary N) is 1. The molecule has 0 aliphatic rings. The Kier molecular flexibility index (Phi) is 5.23. The molecule has 2 aromatic carbocycles. The van der Waals surface area contributed by atoms with Gasteiger partial charge in [-0.05, 0) is 68.4 Å². The van der Waals surface area contributed by atoms with Gasteiger partial charge in [0, 0.05) is 33.6 Å². The maximum Gasteiger partial charge on any atom is 0.238 e. The Morgan fingerprint density at radius 3 is 2.30 bits per heavy atom. The smallest absolute Gasteiger partial charge is 0.238 e. The highest BCUT2D eigenvalue weighted by molar-refractivity contribution is 7.89. The van der Waals surface area contributed by atoms with Gasteiger partial charge < -0.3 is 9.30 Å². The van der Waals surface area contributed by atoms with E-state index in [0.29, 0.717) is 0 Å². The summed E-state index contributed by atoms with van der Waals surface area (Å²) in [6.07, 6.45) is 0. The number of aromatic nitrogens is 2. The number of hydrogen-bond donors (Lipinski definition) is 1. The SMILES string of the molecule is COc1ccc(-c2nc(-c3cc(C)n(-c4ccc(S(N)(=O)=O)cc4)c3C)cs2)cc1. The fraction of sp³-hybridized carbons (Fsp3) is 0.136. The lowest BCUT2D eigenvalue weighted by atomic mass is 10.2. The maximum atomic E-state index is 11.5. The zero-order chi connectivity index (χ0) is 21.5. The van der Waals surface area contributed by atoms with E-state index in [2.05, 4.69) is 16.0 Å². The Hall–Kier alpha value is -2.94. The van der Waals surface area contributed by atoms with Crippen LogP contribution >= 0.6 is 11.3 Å². The van der Waals surface area contributed by atoms with Gasteiger partial charge >= 0.3 is 0 Å². The number of hydrogen-bond acceptors (Lipinski definition) is 5. The third kappa shape index (κ3) is 3.77. The molecule has 0 saturated carbocycles. The second-order valence-corrected chi connectivity index (χ2v) is 9.35. The lowest BCUT2D eigenvalue weighted by Gasteiger charge is -2.10. The van der Waals surface area contributed by atoms with Crippen molar-refractivity contribution in [2.45, 2.75) is 18.7 Å². The number of benzene rings is 2. The summed E-state index contributed by atoms with van der Waals surface area (Å²) in [5.74, 6) is 0.813. The highest BCUT2D eigenvalue weighted by Gasteiger charge is 2.16. The highest BCUT2D eigenvalue weighted by Crippen LogP contribution is 2.34. The van der Waals surface area contributed by atoms with E-state index in [1.807, 2.05) is 38.1 Å². The highest BCUT2D eigenvalue weighted by atomic mass is 32.2. The van der Waals surface area contributed by atoms with E-state index in [4.69, 9.17) is 14.9 Å². The standard InChI is InChI=1S/C22H21N3O3S2/c1-14-12-20(15(2)25(14)17-6-10-19(11-7-17)30(23,26)27)21-13-29-22(24-21)16-4-8-18(28-3)9-5-16/h4-13H,1-3H3,(H2,23,26,27). The second kappa shape index (κ2) is 7.71.